The van der Waals surface area contributed by atoms with Gasteiger partial charge in [0.15, 0.2) is 0 Å². The van der Waals surface area contributed by atoms with Crippen LogP contribution in [0.15, 0.2) is 12.2 Å². The van der Waals surface area contributed by atoms with Crippen LogP contribution >= 0.6 is 0 Å². The second-order valence-electron chi connectivity index (χ2n) is 7.49. The van der Waals surface area contributed by atoms with Gasteiger partial charge in [-0.05, 0) is 25.2 Å². The van der Waals surface area contributed by atoms with Gasteiger partial charge in [0.25, 0.3) is 0 Å². The highest BCUT2D eigenvalue weighted by Crippen LogP contribution is 2.55. The Morgan fingerprint density at radius 1 is 1.32 bits per heavy atom. The molecule has 0 unspecified atom stereocenters. The molecule has 2 saturated carbocycles. The topological polar surface area (TPSA) is 57.5 Å². The van der Waals surface area contributed by atoms with Crippen molar-refractivity contribution in [3.05, 3.63) is 12.2 Å². The predicted octanol–water partition coefficient (Wildman–Crippen LogP) is 3.63. The Kier molecular flexibility index (Phi) is 6.22. The Morgan fingerprint density at radius 3 is 2.73 bits per heavy atom. The molecule has 0 aromatic carbocycles. The van der Waals surface area contributed by atoms with Gasteiger partial charge in [-0.1, -0.05) is 58.1 Å². The highest BCUT2D eigenvalue weighted by atomic mass is 16.3. The summed E-state index contributed by atoms with van der Waals surface area (Å²) in [5.74, 6) is 0.641. The fraction of sp³-hybridized carbons (Fsp3) is 0.842. The van der Waals surface area contributed by atoms with Crippen LogP contribution in [0.2, 0.25) is 0 Å². The maximum atomic E-state index is 11.8. The largest absolute Gasteiger partial charge is 0.393 e. The maximum absolute atomic E-state index is 11.8. The zero-order valence-corrected chi connectivity index (χ0v) is 14.1. The van der Waals surface area contributed by atoms with Gasteiger partial charge in [0.2, 0.25) is 0 Å². The van der Waals surface area contributed by atoms with Gasteiger partial charge in [-0.2, -0.15) is 0 Å². The first kappa shape index (κ1) is 17.7. The van der Waals surface area contributed by atoms with Gasteiger partial charge in [-0.25, -0.2) is 0 Å². The summed E-state index contributed by atoms with van der Waals surface area (Å²) >= 11 is 0. The number of carbonyl (C=O) groups excluding carboxylic acids is 1. The summed E-state index contributed by atoms with van der Waals surface area (Å²) < 4.78 is 0. The minimum absolute atomic E-state index is 0.0335. The number of hydrogen-bond donors (Lipinski definition) is 2. The molecule has 0 spiro atoms. The normalized spacial score (nSPS) is 36.2. The highest BCUT2D eigenvalue weighted by molar-refractivity contribution is 5.91. The molecule has 0 amide bonds. The van der Waals surface area contributed by atoms with E-state index in [1.807, 2.05) is 19.1 Å². The number of hydrogen-bond acceptors (Lipinski definition) is 3. The molecule has 5 atom stereocenters. The summed E-state index contributed by atoms with van der Waals surface area (Å²) in [6.07, 6.45) is 11.9. The van der Waals surface area contributed by atoms with Gasteiger partial charge in [-0.3, -0.25) is 4.79 Å². The average molecular weight is 308 g/mol. The molecule has 126 valence electrons. The summed E-state index contributed by atoms with van der Waals surface area (Å²) in [5, 5.41) is 20.3. The van der Waals surface area contributed by atoms with E-state index in [4.69, 9.17) is 0 Å². The number of aliphatic hydroxyl groups is 2. The van der Waals surface area contributed by atoms with Crippen molar-refractivity contribution in [1.82, 2.24) is 0 Å². The third-order valence-electron chi connectivity index (χ3n) is 5.89. The smallest absolute Gasteiger partial charge is 0.139 e. The first-order chi connectivity index (χ1) is 10.5. The third-order valence-corrected chi connectivity index (χ3v) is 5.89. The van der Waals surface area contributed by atoms with Crippen molar-refractivity contribution in [2.24, 2.45) is 17.3 Å². The molecule has 0 aliphatic heterocycles. The van der Waals surface area contributed by atoms with E-state index in [0.29, 0.717) is 18.6 Å². The summed E-state index contributed by atoms with van der Waals surface area (Å²) in [4.78, 5) is 11.8. The lowest BCUT2D eigenvalue weighted by Crippen LogP contribution is -2.56. The summed E-state index contributed by atoms with van der Waals surface area (Å²) in [5.41, 5.74) is -0.223. The Labute approximate surface area is 134 Å². The number of rotatable bonds is 8. The summed E-state index contributed by atoms with van der Waals surface area (Å²) in [6, 6.07) is 0. The van der Waals surface area contributed by atoms with Crippen LogP contribution in [0.3, 0.4) is 0 Å². The number of unbranched alkanes of at least 4 members (excludes halogenated alkanes) is 4. The van der Waals surface area contributed by atoms with Crippen LogP contribution in [0.1, 0.15) is 71.6 Å². The van der Waals surface area contributed by atoms with Crippen LogP contribution in [0.5, 0.6) is 0 Å². The Balaban J connectivity index is 1.79. The quantitative estimate of drug-likeness (QED) is 0.532. The standard InChI is InChI=1S/C19H32O3/c1-3-4-5-6-7-8-14(20)9-10-15-16-13-18(22)19(16,2)12-11-17(15)21/h9-10,14-17,20-21H,3-8,11-13H2,1-2H3/b10-9+/t14-,15-,16-,17-,19+/m0/s1. The lowest BCUT2D eigenvalue weighted by molar-refractivity contribution is -0.157. The summed E-state index contributed by atoms with van der Waals surface area (Å²) in [7, 11) is 0. The van der Waals surface area contributed by atoms with E-state index in [1.54, 1.807) is 0 Å². The SMILES string of the molecule is CCCCCCC[C@H](O)/C=C/[C@@H]1[C@@H](O)CC[C@@]2(C)C(=O)C[C@@H]12. The van der Waals surface area contributed by atoms with E-state index >= 15 is 0 Å². The van der Waals surface area contributed by atoms with Crippen LogP contribution in [0.4, 0.5) is 0 Å². The molecule has 2 rings (SSSR count). The molecule has 2 aliphatic carbocycles. The maximum Gasteiger partial charge on any atom is 0.139 e. The van der Waals surface area contributed by atoms with Crippen molar-refractivity contribution >= 4 is 5.78 Å². The van der Waals surface area contributed by atoms with Gasteiger partial charge in [-0.15, -0.1) is 0 Å². The number of carbonyl (C=O) groups is 1. The van der Waals surface area contributed by atoms with E-state index in [9.17, 15) is 15.0 Å². The van der Waals surface area contributed by atoms with Crippen LogP contribution in [0, 0.1) is 17.3 Å². The fourth-order valence-corrected chi connectivity index (χ4v) is 4.10. The van der Waals surface area contributed by atoms with Crippen molar-refractivity contribution in [2.75, 3.05) is 0 Å². The first-order valence-corrected chi connectivity index (χ1v) is 9.06. The average Bonchev–Trinajstić information content (AvgIpc) is 2.50. The third kappa shape index (κ3) is 3.80. The second kappa shape index (κ2) is 7.74. The molecule has 2 N–H and O–H groups in total. The first-order valence-electron chi connectivity index (χ1n) is 9.06. The zero-order valence-electron chi connectivity index (χ0n) is 14.1. The Hall–Kier alpha value is -0.670. The van der Waals surface area contributed by atoms with Gasteiger partial charge in [0.1, 0.15) is 5.78 Å². The van der Waals surface area contributed by atoms with Gasteiger partial charge >= 0.3 is 0 Å². The lowest BCUT2D eigenvalue weighted by Gasteiger charge is -2.53. The molecule has 0 aromatic rings. The van der Waals surface area contributed by atoms with Gasteiger partial charge in [0, 0.05) is 17.8 Å². The van der Waals surface area contributed by atoms with E-state index < -0.39 is 6.10 Å². The molecule has 3 heteroatoms. The molecular formula is C19H32O3. The second-order valence-corrected chi connectivity index (χ2v) is 7.49. The highest BCUT2D eigenvalue weighted by Gasteiger charge is 2.57. The number of aliphatic hydroxyl groups excluding tert-OH is 2. The lowest BCUT2D eigenvalue weighted by atomic mass is 9.50. The molecule has 0 saturated heterocycles. The minimum Gasteiger partial charge on any atom is -0.393 e. The van der Waals surface area contributed by atoms with E-state index in [1.165, 1.54) is 25.7 Å². The molecule has 22 heavy (non-hydrogen) atoms. The summed E-state index contributed by atoms with van der Waals surface area (Å²) in [6.45, 7) is 4.24. The Morgan fingerprint density at radius 2 is 2.05 bits per heavy atom. The number of Topliss-reactive ketones (excluding diaryl/α,β-unsaturated/α-hetero) is 1. The molecule has 0 bridgehead atoms. The molecule has 0 heterocycles. The van der Waals surface area contributed by atoms with Crippen molar-refractivity contribution in [3.8, 4) is 0 Å². The number of ketones is 1. The Bertz CT molecular complexity index is 403. The van der Waals surface area contributed by atoms with Gasteiger partial charge < -0.3 is 10.2 Å². The van der Waals surface area contributed by atoms with Crippen molar-refractivity contribution in [2.45, 2.75) is 83.8 Å². The van der Waals surface area contributed by atoms with Crippen molar-refractivity contribution in [3.63, 3.8) is 0 Å². The number of fused-ring (bicyclic) bond motifs is 1. The molecule has 0 aromatic heterocycles. The zero-order chi connectivity index (χ0) is 16.2. The van der Waals surface area contributed by atoms with E-state index in [-0.39, 0.29) is 23.4 Å². The predicted molar refractivity (Wildman–Crippen MR) is 88.5 cm³/mol. The fourth-order valence-electron chi connectivity index (χ4n) is 4.10. The van der Waals surface area contributed by atoms with Crippen LogP contribution in [-0.2, 0) is 4.79 Å². The molecule has 2 fully saturated rings. The van der Waals surface area contributed by atoms with Crippen molar-refractivity contribution in [1.29, 1.82) is 0 Å². The van der Waals surface area contributed by atoms with Crippen LogP contribution in [0.25, 0.3) is 0 Å². The van der Waals surface area contributed by atoms with E-state index in [0.717, 1.165) is 19.3 Å². The molecular weight excluding hydrogens is 276 g/mol. The molecule has 3 nitrogen and oxygen atoms in total. The molecule has 0 radical (unpaired) electrons. The van der Waals surface area contributed by atoms with Crippen LogP contribution in [-0.4, -0.2) is 28.2 Å². The van der Waals surface area contributed by atoms with Crippen LogP contribution < -0.4 is 0 Å². The van der Waals surface area contributed by atoms with E-state index in [2.05, 4.69) is 6.92 Å². The molecule has 2 aliphatic rings. The monoisotopic (exact) mass is 308 g/mol. The minimum atomic E-state index is -0.419. The van der Waals surface area contributed by atoms with Gasteiger partial charge in [0.05, 0.1) is 12.2 Å². The van der Waals surface area contributed by atoms with Crippen molar-refractivity contribution < 1.29 is 15.0 Å².